The monoisotopic (exact) mass is 433 g/mol. The van der Waals surface area contributed by atoms with Crippen LogP contribution in [0, 0.1) is 13.8 Å². The van der Waals surface area contributed by atoms with Gasteiger partial charge in [-0.25, -0.2) is 8.42 Å². The summed E-state index contributed by atoms with van der Waals surface area (Å²) in [6.45, 7) is 7.25. The number of pyridine rings is 2. The third kappa shape index (κ3) is 4.14. The summed E-state index contributed by atoms with van der Waals surface area (Å²) in [5.41, 5.74) is 5.92. The smallest absolute Gasteiger partial charge is 0.182 e. The van der Waals surface area contributed by atoms with E-state index in [2.05, 4.69) is 15.1 Å². The molecule has 6 nitrogen and oxygen atoms in total. The van der Waals surface area contributed by atoms with E-state index in [0.29, 0.717) is 11.5 Å². The van der Waals surface area contributed by atoms with Crippen LogP contribution in [0.25, 0.3) is 33.8 Å². The largest absolute Gasteiger partial charge is 0.356 e. The van der Waals surface area contributed by atoms with Gasteiger partial charge in [-0.2, -0.15) is 0 Å². The van der Waals surface area contributed by atoms with Gasteiger partial charge >= 0.3 is 0 Å². The molecule has 0 saturated carbocycles. The fourth-order valence-electron chi connectivity index (χ4n) is 3.18. The average Bonchev–Trinajstić information content (AvgIpc) is 3.24. The van der Waals surface area contributed by atoms with Crippen molar-refractivity contribution in [1.29, 1.82) is 0 Å². The van der Waals surface area contributed by atoms with E-state index < -0.39 is 15.1 Å². The van der Waals surface area contributed by atoms with Crippen LogP contribution in [0.5, 0.6) is 0 Å². The van der Waals surface area contributed by atoms with Crippen molar-refractivity contribution in [2.45, 2.75) is 37.8 Å². The molecule has 0 radical (unpaired) electrons. The van der Waals surface area contributed by atoms with Gasteiger partial charge in [0.05, 0.1) is 15.8 Å². The highest BCUT2D eigenvalue weighted by Gasteiger charge is 2.20. The van der Waals surface area contributed by atoms with Gasteiger partial charge in [-0.15, -0.1) is 0 Å². The highest BCUT2D eigenvalue weighted by molar-refractivity contribution is 7.92. The summed E-state index contributed by atoms with van der Waals surface area (Å²) in [6, 6.07) is 15.2. The van der Waals surface area contributed by atoms with Gasteiger partial charge in [0, 0.05) is 40.8 Å². The van der Waals surface area contributed by atoms with Gasteiger partial charge in [-0.1, -0.05) is 35.0 Å². The van der Waals surface area contributed by atoms with Crippen LogP contribution in [0.15, 0.2) is 70.3 Å². The van der Waals surface area contributed by atoms with E-state index in [9.17, 15) is 8.42 Å². The number of nitrogens with zero attached hydrogens (tertiary/aromatic N) is 3. The van der Waals surface area contributed by atoms with E-state index in [-0.39, 0.29) is 4.90 Å². The normalized spacial score (nSPS) is 11.8. The van der Waals surface area contributed by atoms with Crippen LogP contribution >= 0.6 is 0 Å². The summed E-state index contributed by atoms with van der Waals surface area (Å²) < 4.78 is 30.3. The highest BCUT2D eigenvalue weighted by atomic mass is 32.2. The van der Waals surface area contributed by atoms with Crippen LogP contribution in [0.3, 0.4) is 0 Å². The molecule has 4 aromatic rings. The molecular formula is C24H23N3O3S. The molecule has 0 fully saturated rings. The molecule has 0 aliphatic heterocycles. The van der Waals surface area contributed by atoms with Crippen LogP contribution in [-0.4, -0.2) is 28.8 Å². The molecule has 0 unspecified atom stereocenters. The maximum absolute atomic E-state index is 12.3. The Labute approximate surface area is 181 Å². The quantitative estimate of drug-likeness (QED) is 0.426. The predicted molar refractivity (Wildman–Crippen MR) is 120 cm³/mol. The first kappa shape index (κ1) is 20.9. The average molecular weight is 434 g/mol. The van der Waals surface area contributed by atoms with E-state index in [1.165, 1.54) is 11.8 Å². The Morgan fingerprint density at radius 3 is 2.23 bits per heavy atom. The van der Waals surface area contributed by atoms with Crippen molar-refractivity contribution in [1.82, 2.24) is 15.1 Å². The SMILES string of the molecule is Cc1ccc(-c2cc(-c3cc(-c4ccc(S(=O)(=O)C(C)C)cn4)cnc3C)on2)cc1. The van der Waals surface area contributed by atoms with Gasteiger partial charge in [0.15, 0.2) is 15.6 Å². The fourth-order valence-corrected chi connectivity index (χ4v) is 4.18. The Morgan fingerprint density at radius 1 is 0.839 bits per heavy atom. The second-order valence-corrected chi connectivity index (χ2v) is 10.3. The Balaban J connectivity index is 1.68. The van der Waals surface area contributed by atoms with Crippen molar-refractivity contribution in [3.63, 3.8) is 0 Å². The van der Waals surface area contributed by atoms with Crippen molar-refractivity contribution in [2.24, 2.45) is 0 Å². The molecule has 4 rings (SSSR count). The van der Waals surface area contributed by atoms with Crippen molar-refractivity contribution in [3.8, 4) is 33.8 Å². The van der Waals surface area contributed by atoms with Gasteiger partial charge in [-0.3, -0.25) is 9.97 Å². The van der Waals surface area contributed by atoms with Gasteiger partial charge in [-0.05, 0) is 45.9 Å². The molecule has 0 N–H and O–H groups in total. The maximum Gasteiger partial charge on any atom is 0.182 e. The Kier molecular flexibility index (Phi) is 5.45. The molecule has 7 heteroatoms. The van der Waals surface area contributed by atoms with E-state index in [0.717, 1.165) is 28.1 Å². The molecule has 0 saturated heterocycles. The van der Waals surface area contributed by atoms with Crippen molar-refractivity contribution in [2.75, 3.05) is 0 Å². The number of aromatic nitrogens is 3. The Hall–Kier alpha value is -3.32. The van der Waals surface area contributed by atoms with Crippen molar-refractivity contribution >= 4 is 9.84 Å². The molecule has 0 bridgehead atoms. The predicted octanol–water partition coefficient (Wildman–Crippen LogP) is 5.26. The minimum Gasteiger partial charge on any atom is -0.356 e. The molecule has 0 amide bonds. The first-order valence-electron chi connectivity index (χ1n) is 9.97. The van der Waals surface area contributed by atoms with Crippen LogP contribution in [0.2, 0.25) is 0 Å². The minimum absolute atomic E-state index is 0.213. The van der Waals surface area contributed by atoms with Crippen LogP contribution in [-0.2, 0) is 9.84 Å². The minimum atomic E-state index is -3.36. The van der Waals surface area contributed by atoms with E-state index in [1.54, 1.807) is 32.2 Å². The zero-order valence-corrected chi connectivity index (χ0v) is 18.6. The number of hydrogen-bond donors (Lipinski definition) is 0. The lowest BCUT2D eigenvalue weighted by atomic mass is 10.0. The fraction of sp³-hybridized carbons (Fsp3) is 0.208. The van der Waals surface area contributed by atoms with E-state index >= 15 is 0 Å². The first-order chi connectivity index (χ1) is 14.8. The topological polar surface area (TPSA) is 86.0 Å². The molecule has 1 aromatic carbocycles. The third-order valence-corrected chi connectivity index (χ3v) is 7.33. The summed E-state index contributed by atoms with van der Waals surface area (Å²) in [6.07, 6.45) is 3.11. The lowest BCUT2D eigenvalue weighted by Gasteiger charge is -2.09. The first-order valence-corrected chi connectivity index (χ1v) is 11.5. The maximum atomic E-state index is 12.3. The number of aryl methyl sites for hydroxylation is 2. The van der Waals surface area contributed by atoms with Gasteiger partial charge in [0.2, 0.25) is 0 Å². The molecule has 31 heavy (non-hydrogen) atoms. The highest BCUT2D eigenvalue weighted by Crippen LogP contribution is 2.30. The number of sulfone groups is 1. The molecule has 0 spiro atoms. The van der Waals surface area contributed by atoms with Gasteiger partial charge < -0.3 is 4.52 Å². The number of hydrogen-bond acceptors (Lipinski definition) is 6. The van der Waals surface area contributed by atoms with Crippen molar-refractivity contribution in [3.05, 3.63) is 72.2 Å². The van der Waals surface area contributed by atoms with Crippen molar-refractivity contribution < 1.29 is 12.9 Å². The molecule has 3 aromatic heterocycles. The molecular weight excluding hydrogens is 410 g/mol. The van der Waals surface area contributed by atoms with Gasteiger partial charge in [0.25, 0.3) is 0 Å². The lowest BCUT2D eigenvalue weighted by Crippen LogP contribution is -2.14. The summed E-state index contributed by atoms with van der Waals surface area (Å²) in [5.74, 6) is 0.612. The molecule has 0 atom stereocenters. The molecule has 0 aliphatic carbocycles. The van der Waals surface area contributed by atoms with Crippen LogP contribution < -0.4 is 0 Å². The summed E-state index contributed by atoms with van der Waals surface area (Å²) in [5, 5.41) is 3.71. The summed E-state index contributed by atoms with van der Waals surface area (Å²) in [4.78, 5) is 9.05. The standard InChI is InChI=1S/C24H23N3O3S/c1-15(2)31(28,29)20-9-10-22(26-14-20)19-11-21(17(4)25-13-19)24-12-23(27-30-24)18-7-5-16(3)6-8-18/h5-15H,1-4H3. The zero-order chi connectivity index (χ0) is 22.2. The van der Waals surface area contributed by atoms with E-state index in [1.807, 2.05) is 50.2 Å². The van der Waals surface area contributed by atoms with Gasteiger partial charge in [0.1, 0.15) is 5.69 Å². The summed E-state index contributed by atoms with van der Waals surface area (Å²) in [7, 11) is -3.36. The Bertz CT molecular complexity index is 1320. The number of rotatable bonds is 5. The van der Waals surface area contributed by atoms with E-state index in [4.69, 9.17) is 4.52 Å². The van der Waals surface area contributed by atoms with Crippen LogP contribution in [0.4, 0.5) is 0 Å². The number of benzene rings is 1. The second kappa shape index (κ2) is 8.07. The molecule has 3 heterocycles. The zero-order valence-electron chi connectivity index (χ0n) is 17.8. The Morgan fingerprint density at radius 2 is 1.58 bits per heavy atom. The second-order valence-electron chi connectivity index (χ2n) is 7.77. The molecule has 0 aliphatic rings. The van der Waals surface area contributed by atoms with Crippen LogP contribution in [0.1, 0.15) is 25.1 Å². The lowest BCUT2D eigenvalue weighted by molar-refractivity contribution is 0.434. The molecule has 158 valence electrons. The summed E-state index contributed by atoms with van der Waals surface area (Å²) >= 11 is 0. The third-order valence-electron chi connectivity index (χ3n) is 5.19.